The normalized spacial score (nSPS) is 20.3. The summed E-state index contributed by atoms with van der Waals surface area (Å²) in [5, 5.41) is 16.8. The molecular formula is C26H33N5O3. The third-order valence-corrected chi connectivity index (χ3v) is 6.49. The van der Waals surface area contributed by atoms with Crippen LogP contribution in [0.4, 0.5) is 5.69 Å². The van der Waals surface area contributed by atoms with Crippen molar-refractivity contribution in [3.63, 3.8) is 0 Å². The van der Waals surface area contributed by atoms with Gasteiger partial charge in [-0.2, -0.15) is 0 Å². The Bertz CT molecular complexity index is 1050. The van der Waals surface area contributed by atoms with E-state index in [1.165, 1.54) is 12.8 Å². The van der Waals surface area contributed by atoms with E-state index in [2.05, 4.69) is 46.7 Å². The molecule has 1 fully saturated rings. The number of tetrazole rings is 1. The zero-order chi connectivity index (χ0) is 23.9. The fraction of sp³-hybridized carbons (Fsp3) is 0.462. The summed E-state index contributed by atoms with van der Waals surface area (Å²) in [6.45, 7) is 7.22. The van der Waals surface area contributed by atoms with Crippen LogP contribution in [0.5, 0.6) is 5.75 Å². The molecule has 1 amide bonds. The third-order valence-electron chi connectivity index (χ3n) is 6.49. The summed E-state index contributed by atoms with van der Waals surface area (Å²) in [7, 11) is 0. The molecule has 4 rings (SSSR count). The first kappa shape index (κ1) is 23.9. The number of hydrogen-bond acceptors (Lipinski definition) is 6. The average molecular weight is 464 g/mol. The second kappa shape index (κ2) is 11.2. The molecule has 0 saturated heterocycles. The molecule has 0 radical (unpaired) electrons. The number of aromatic amines is 1. The lowest BCUT2D eigenvalue weighted by molar-refractivity contribution is -0.126. The van der Waals surface area contributed by atoms with E-state index >= 15 is 0 Å². The number of nitrogens with one attached hydrogen (secondary N) is 2. The Morgan fingerprint density at radius 1 is 1.18 bits per heavy atom. The molecule has 0 bridgehead atoms. The highest BCUT2D eigenvalue weighted by atomic mass is 16.5. The molecule has 0 spiro atoms. The summed E-state index contributed by atoms with van der Waals surface area (Å²) in [6.07, 6.45) is 3.58. The van der Waals surface area contributed by atoms with Crippen molar-refractivity contribution >= 4 is 11.6 Å². The van der Waals surface area contributed by atoms with E-state index in [-0.39, 0.29) is 18.6 Å². The van der Waals surface area contributed by atoms with E-state index in [1.807, 2.05) is 48.5 Å². The number of ether oxygens (including phenoxy) is 2. The number of hydrogen-bond donors (Lipinski definition) is 2. The van der Waals surface area contributed by atoms with Gasteiger partial charge in [-0.25, -0.2) is 5.10 Å². The third kappa shape index (κ3) is 6.41. The predicted octanol–water partition coefficient (Wildman–Crippen LogP) is 4.86. The number of anilines is 1. The van der Waals surface area contributed by atoms with Crippen LogP contribution in [-0.4, -0.2) is 39.2 Å². The van der Waals surface area contributed by atoms with Gasteiger partial charge in [-0.3, -0.25) is 4.79 Å². The SMILES string of the molecule is CC1CCC(C(C)C)C(OCC(=O)Nc2cccc(OCc3ccc(-c4nnn[nH]4)cc3)c2)C1. The summed E-state index contributed by atoms with van der Waals surface area (Å²) < 4.78 is 12.0. The Labute approximate surface area is 200 Å². The molecular weight excluding hydrogens is 430 g/mol. The quantitative estimate of drug-likeness (QED) is 0.470. The lowest BCUT2D eigenvalue weighted by Crippen LogP contribution is -2.36. The van der Waals surface area contributed by atoms with Gasteiger partial charge in [0, 0.05) is 17.3 Å². The number of benzene rings is 2. The molecule has 8 nitrogen and oxygen atoms in total. The van der Waals surface area contributed by atoms with Crippen LogP contribution in [0.25, 0.3) is 11.4 Å². The molecule has 2 aromatic carbocycles. The van der Waals surface area contributed by atoms with E-state index in [9.17, 15) is 4.79 Å². The maximum Gasteiger partial charge on any atom is 0.250 e. The molecule has 0 aliphatic heterocycles. The van der Waals surface area contributed by atoms with Crippen LogP contribution >= 0.6 is 0 Å². The van der Waals surface area contributed by atoms with Crippen LogP contribution in [0.2, 0.25) is 0 Å². The number of carbonyl (C=O) groups excluding carboxylic acids is 1. The molecule has 1 aromatic heterocycles. The van der Waals surface area contributed by atoms with Gasteiger partial charge in [-0.15, -0.1) is 5.10 Å². The van der Waals surface area contributed by atoms with E-state index < -0.39 is 0 Å². The molecule has 3 atom stereocenters. The fourth-order valence-corrected chi connectivity index (χ4v) is 4.56. The van der Waals surface area contributed by atoms with Crippen molar-refractivity contribution in [3.05, 3.63) is 54.1 Å². The number of H-pyrrole nitrogens is 1. The zero-order valence-electron chi connectivity index (χ0n) is 20.0. The number of aromatic nitrogens is 4. The molecule has 1 heterocycles. The molecule has 2 N–H and O–H groups in total. The first-order chi connectivity index (χ1) is 16.5. The minimum absolute atomic E-state index is 0.0682. The number of carbonyl (C=O) groups is 1. The topological polar surface area (TPSA) is 102 Å². The maximum absolute atomic E-state index is 12.5. The van der Waals surface area contributed by atoms with E-state index in [0.29, 0.717) is 41.6 Å². The van der Waals surface area contributed by atoms with Crippen LogP contribution in [0, 0.1) is 17.8 Å². The summed E-state index contributed by atoms with van der Waals surface area (Å²) >= 11 is 0. The van der Waals surface area contributed by atoms with Gasteiger partial charge >= 0.3 is 0 Å². The van der Waals surface area contributed by atoms with Gasteiger partial charge in [0.25, 0.3) is 0 Å². The number of rotatable bonds is 9. The van der Waals surface area contributed by atoms with Crippen molar-refractivity contribution in [2.75, 3.05) is 11.9 Å². The molecule has 8 heteroatoms. The maximum atomic E-state index is 12.5. The van der Waals surface area contributed by atoms with Gasteiger partial charge in [0.1, 0.15) is 19.0 Å². The van der Waals surface area contributed by atoms with Crippen molar-refractivity contribution in [2.24, 2.45) is 17.8 Å². The molecule has 1 saturated carbocycles. The Morgan fingerprint density at radius 3 is 2.74 bits per heavy atom. The minimum Gasteiger partial charge on any atom is -0.489 e. The molecule has 1 aliphatic rings. The van der Waals surface area contributed by atoms with Gasteiger partial charge in [0.2, 0.25) is 5.91 Å². The fourth-order valence-electron chi connectivity index (χ4n) is 4.56. The van der Waals surface area contributed by atoms with Crippen molar-refractivity contribution < 1.29 is 14.3 Å². The van der Waals surface area contributed by atoms with Gasteiger partial charge in [0.05, 0.1) is 6.10 Å². The zero-order valence-corrected chi connectivity index (χ0v) is 20.0. The second-order valence-electron chi connectivity index (χ2n) is 9.49. The largest absolute Gasteiger partial charge is 0.489 e. The predicted molar refractivity (Wildman–Crippen MR) is 130 cm³/mol. The molecule has 180 valence electrons. The van der Waals surface area contributed by atoms with Gasteiger partial charge < -0.3 is 14.8 Å². The van der Waals surface area contributed by atoms with Crippen molar-refractivity contribution in [2.45, 2.75) is 52.7 Å². The van der Waals surface area contributed by atoms with E-state index in [4.69, 9.17) is 9.47 Å². The van der Waals surface area contributed by atoms with Crippen LogP contribution in [0.1, 0.15) is 45.6 Å². The molecule has 1 aliphatic carbocycles. The number of nitrogens with zero attached hydrogens (tertiary/aromatic N) is 3. The van der Waals surface area contributed by atoms with Crippen LogP contribution in [0.15, 0.2) is 48.5 Å². The lowest BCUT2D eigenvalue weighted by Gasteiger charge is -2.37. The van der Waals surface area contributed by atoms with Gasteiger partial charge in [-0.05, 0) is 58.7 Å². The first-order valence-electron chi connectivity index (χ1n) is 12.0. The minimum atomic E-state index is -0.143. The highest BCUT2D eigenvalue weighted by Gasteiger charge is 2.31. The summed E-state index contributed by atoms with van der Waals surface area (Å²) in [5.41, 5.74) is 2.61. The molecule has 3 unspecified atom stereocenters. The Balaban J connectivity index is 1.27. The Kier molecular flexibility index (Phi) is 7.90. The van der Waals surface area contributed by atoms with E-state index in [1.54, 1.807) is 0 Å². The monoisotopic (exact) mass is 463 g/mol. The van der Waals surface area contributed by atoms with Crippen LogP contribution in [-0.2, 0) is 16.1 Å². The highest BCUT2D eigenvalue weighted by molar-refractivity contribution is 5.91. The summed E-state index contributed by atoms with van der Waals surface area (Å²) in [5.74, 6) is 2.88. The summed E-state index contributed by atoms with van der Waals surface area (Å²) in [4.78, 5) is 12.5. The van der Waals surface area contributed by atoms with Gasteiger partial charge in [0.15, 0.2) is 5.82 Å². The Hall–Kier alpha value is -3.26. The lowest BCUT2D eigenvalue weighted by atomic mass is 9.75. The molecule has 3 aromatic rings. The standard InChI is InChI=1S/C26H33N5O3/c1-17(2)23-12-7-18(3)13-24(23)34-16-25(32)27-21-5-4-6-22(14-21)33-15-19-8-10-20(11-9-19)26-28-30-31-29-26/h4-6,8-11,14,17-18,23-24H,7,12-13,15-16H2,1-3H3,(H,27,32)(H,28,29,30,31). The van der Waals surface area contributed by atoms with Crippen molar-refractivity contribution in [3.8, 4) is 17.1 Å². The smallest absolute Gasteiger partial charge is 0.250 e. The second-order valence-corrected chi connectivity index (χ2v) is 9.49. The highest BCUT2D eigenvalue weighted by Crippen LogP contribution is 2.35. The Morgan fingerprint density at radius 2 is 2.00 bits per heavy atom. The van der Waals surface area contributed by atoms with Crippen molar-refractivity contribution in [1.29, 1.82) is 0 Å². The molecule has 34 heavy (non-hydrogen) atoms. The van der Waals surface area contributed by atoms with Crippen molar-refractivity contribution in [1.82, 2.24) is 20.6 Å². The first-order valence-corrected chi connectivity index (χ1v) is 12.0. The van der Waals surface area contributed by atoms with Crippen LogP contribution < -0.4 is 10.1 Å². The number of amides is 1. The summed E-state index contributed by atoms with van der Waals surface area (Å²) in [6, 6.07) is 15.2. The average Bonchev–Trinajstić information content (AvgIpc) is 3.37. The van der Waals surface area contributed by atoms with Crippen LogP contribution in [0.3, 0.4) is 0 Å². The van der Waals surface area contributed by atoms with Gasteiger partial charge in [-0.1, -0.05) is 57.5 Å². The van der Waals surface area contributed by atoms with E-state index in [0.717, 1.165) is 17.5 Å².